The van der Waals surface area contributed by atoms with Gasteiger partial charge in [0.2, 0.25) is 0 Å². The topological polar surface area (TPSA) is 50.8 Å². The molecular formula is C26H29F5N2O3. The maximum Gasteiger partial charge on any atom is 0.430 e. The van der Waals surface area contributed by atoms with Crippen molar-refractivity contribution in [1.29, 1.82) is 0 Å². The van der Waals surface area contributed by atoms with Crippen LogP contribution in [0.4, 0.5) is 22.0 Å². The second-order valence-electron chi connectivity index (χ2n) is 9.39. The van der Waals surface area contributed by atoms with Crippen LogP contribution in [-0.2, 0) is 15.1 Å². The van der Waals surface area contributed by atoms with Crippen molar-refractivity contribution >= 4 is 5.91 Å². The second kappa shape index (κ2) is 9.97. The third kappa shape index (κ3) is 4.24. The largest absolute Gasteiger partial charge is 0.493 e. The number of hydrogen-bond acceptors (Lipinski definition) is 4. The predicted octanol–water partition coefficient (Wildman–Crippen LogP) is 4.76. The van der Waals surface area contributed by atoms with E-state index >= 15 is 0 Å². The van der Waals surface area contributed by atoms with Gasteiger partial charge in [0.15, 0.2) is 11.6 Å². The van der Waals surface area contributed by atoms with Crippen LogP contribution in [0.5, 0.6) is 5.75 Å². The number of carbonyl (C=O) groups excluding carboxylic acids is 1. The van der Waals surface area contributed by atoms with E-state index in [1.165, 1.54) is 36.3 Å². The van der Waals surface area contributed by atoms with Gasteiger partial charge >= 0.3 is 6.18 Å². The molecule has 0 bridgehead atoms. The lowest BCUT2D eigenvalue weighted by Gasteiger charge is -2.51. The van der Waals surface area contributed by atoms with Crippen molar-refractivity contribution in [2.24, 2.45) is 5.41 Å². The zero-order chi connectivity index (χ0) is 26.1. The van der Waals surface area contributed by atoms with E-state index in [1.807, 2.05) is 0 Å². The highest BCUT2D eigenvalue weighted by atomic mass is 19.4. The van der Waals surface area contributed by atoms with Crippen molar-refractivity contribution in [2.45, 2.75) is 37.0 Å². The van der Waals surface area contributed by atoms with Gasteiger partial charge in [-0.3, -0.25) is 4.79 Å². The first-order valence-corrected chi connectivity index (χ1v) is 11.8. The number of halogens is 5. The van der Waals surface area contributed by atoms with Gasteiger partial charge in [-0.1, -0.05) is 30.3 Å². The number of rotatable bonds is 5. The van der Waals surface area contributed by atoms with E-state index in [2.05, 4.69) is 5.32 Å². The van der Waals surface area contributed by atoms with Crippen LogP contribution < -0.4 is 10.1 Å². The van der Waals surface area contributed by atoms with E-state index < -0.39 is 40.7 Å². The Hall–Kier alpha value is -2.72. The molecule has 2 fully saturated rings. The molecule has 0 aromatic heterocycles. The van der Waals surface area contributed by atoms with Crippen LogP contribution in [-0.4, -0.2) is 57.4 Å². The molecular weight excluding hydrogens is 483 g/mol. The monoisotopic (exact) mass is 512 g/mol. The molecule has 1 amide bonds. The average Bonchev–Trinajstić information content (AvgIpc) is 2.87. The van der Waals surface area contributed by atoms with Gasteiger partial charge in [-0.2, -0.15) is 13.2 Å². The van der Waals surface area contributed by atoms with Crippen molar-refractivity contribution in [3.63, 3.8) is 0 Å². The molecule has 0 saturated carbocycles. The molecule has 1 N–H and O–H groups in total. The number of benzene rings is 2. The van der Waals surface area contributed by atoms with E-state index in [1.54, 1.807) is 6.07 Å². The SMILES string of the molecule is COc1c(F)ccc(F)c1[C@H]1CNCCC12CCN(C(=O)[C@](OC)(c1ccccc1)C(F)(F)F)CC2. The predicted molar refractivity (Wildman–Crippen MR) is 123 cm³/mol. The third-order valence-electron chi connectivity index (χ3n) is 7.77. The number of likely N-dealkylation sites (tertiary alicyclic amines) is 1. The fourth-order valence-electron chi connectivity index (χ4n) is 5.84. The minimum absolute atomic E-state index is 0.0304. The molecule has 10 heteroatoms. The molecule has 2 aromatic rings. The van der Waals surface area contributed by atoms with E-state index in [9.17, 15) is 26.7 Å². The summed E-state index contributed by atoms with van der Waals surface area (Å²) in [5.74, 6) is -3.10. The Labute approximate surface area is 206 Å². The highest BCUT2D eigenvalue weighted by Gasteiger charge is 2.64. The molecule has 2 aromatic carbocycles. The Morgan fingerprint density at radius 3 is 2.22 bits per heavy atom. The summed E-state index contributed by atoms with van der Waals surface area (Å²) in [5.41, 5.74) is -3.85. The van der Waals surface area contributed by atoms with Crippen molar-refractivity contribution in [3.05, 3.63) is 65.2 Å². The van der Waals surface area contributed by atoms with Gasteiger partial charge < -0.3 is 19.7 Å². The molecule has 2 heterocycles. The van der Waals surface area contributed by atoms with Crippen LogP contribution in [0.15, 0.2) is 42.5 Å². The maximum atomic E-state index is 15.0. The van der Waals surface area contributed by atoms with Gasteiger partial charge in [-0.15, -0.1) is 0 Å². The molecule has 1 spiro atoms. The zero-order valence-electron chi connectivity index (χ0n) is 20.1. The first-order valence-electron chi connectivity index (χ1n) is 11.8. The van der Waals surface area contributed by atoms with E-state index in [-0.39, 0.29) is 30.0 Å². The summed E-state index contributed by atoms with van der Waals surface area (Å²) in [6.45, 7) is 1.04. The number of hydrogen-bond donors (Lipinski definition) is 1. The Balaban J connectivity index is 1.65. The summed E-state index contributed by atoms with van der Waals surface area (Å²) in [7, 11) is 2.16. The van der Waals surface area contributed by atoms with Crippen LogP contribution >= 0.6 is 0 Å². The number of piperidine rings is 2. The van der Waals surface area contributed by atoms with Crippen LogP contribution in [0.1, 0.15) is 36.3 Å². The van der Waals surface area contributed by atoms with Crippen molar-refractivity contribution in [3.8, 4) is 5.75 Å². The van der Waals surface area contributed by atoms with Crippen LogP contribution in [0, 0.1) is 17.0 Å². The molecule has 2 saturated heterocycles. The fourth-order valence-corrected chi connectivity index (χ4v) is 5.84. The smallest absolute Gasteiger partial charge is 0.430 e. The van der Waals surface area contributed by atoms with E-state index in [4.69, 9.17) is 9.47 Å². The third-order valence-corrected chi connectivity index (χ3v) is 7.77. The Morgan fingerprint density at radius 2 is 1.64 bits per heavy atom. The number of nitrogens with one attached hydrogen (secondary N) is 1. The lowest BCUT2D eigenvalue weighted by atomic mass is 9.62. The van der Waals surface area contributed by atoms with Gasteiger partial charge in [-0.05, 0) is 43.4 Å². The molecule has 5 nitrogen and oxygen atoms in total. The first-order chi connectivity index (χ1) is 17.1. The molecule has 36 heavy (non-hydrogen) atoms. The first kappa shape index (κ1) is 26.3. The fraction of sp³-hybridized carbons (Fsp3) is 0.500. The van der Waals surface area contributed by atoms with Crippen LogP contribution in [0.2, 0.25) is 0 Å². The van der Waals surface area contributed by atoms with Crippen molar-refractivity contribution in [2.75, 3.05) is 40.4 Å². The van der Waals surface area contributed by atoms with Gasteiger partial charge in [0, 0.05) is 43.8 Å². The lowest BCUT2D eigenvalue weighted by molar-refractivity contribution is -0.271. The molecule has 2 aliphatic heterocycles. The van der Waals surface area contributed by atoms with Gasteiger partial charge in [0.1, 0.15) is 5.82 Å². The molecule has 2 atom stereocenters. The summed E-state index contributed by atoms with van der Waals surface area (Å²) in [4.78, 5) is 14.6. The molecule has 0 radical (unpaired) electrons. The van der Waals surface area contributed by atoms with Crippen molar-refractivity contribution < 1.29 is 36.2 Å². The van der Waals surface area contributed by atoms with Crippen molar-refractivity contribution in [1.82, 2.24) is 10.2 Å². The highest BCUT2D eigenvalue weighted by Crippen LogP contribution is 2.52. The van der Waals surface area contributed by atoms with Crippen LogP contribution in [0.25, 0.3) is 0 Å². The number of amides is 1. The summed E-state index contributed by atoms with van der Waals surface area (Å²) in [5, 5.41) is 3.22. The summed E-state index contributed by atoms with van der Waals surface area (Å²) in [6, 6.07) is 8.93. The summed E-state index contributed by atoms with van der Waals surface area (Å²) < 4.78 is 82.8. The normalized spacial score (nSPS) is 21.8. The maximum absolute atomic E-state index is 15.0. The number of nitrogens with zero attached hydrogens (tertiary/aromatic N) is 1. The number of methoxy groups -OCH3 is 2. The average molecular weight is 513 g/mol. The minimum Gasteiger partial charge on any atom is -0.493 e. The standard InChI is InChI=1S/C26H29F5N2O3/c1-35-22-20(28)9-8-19(27)21(22)18-16-32-13-10-24(18)11-14-33(15-12-24)23(34)25(36-2,26(29,30)31)17-6-4-3-5-7-17/h3-9,18,32H,10-16H2,1-2H3/t18-,25-/m1/s1. The zero-order valence-corrected chi connectivity index (χ0v) is 20.1. The Kier molecular flexibility index (Phi) is 7.30. The number of alkyl halides is 3. The van der Waals surface area contributed by atoms with Gasteiger partial charge in [0.25, 0.3) is 11.5 Å². The summed E-state index contributed by atoms with van der Waals surface area (Å²) in [6.07, 6.45) is -3.73. The van der Waals surface area contributed by atoms with Gasteiger partial charge in [-0.25, -0.2) is 8.78 Å². The van der Waals surface area contributed by atoms with Gasteiger partial charge in [0.05, 0.1) is 7.11 Å². The lowest BCUT2D eigenvalue weighted by Crippen LogP contribution is -2.59. The summed E-state index contributed by atoms with van der Waals surface area (Å²) >= 11 is 0. The van der Waals surface area contributed by atoms with E-state index in [0.717, 1.165) is 19.2 Å². The quantitative estimate of drug-likeness (QED) is 0.587. The molecule has 0 unspecified atom stereocenters. The number of ether oxygens (including phenoxy) is 2. The highest BCUT2D eigenvalue weighted by molar-refractivity contribution is 5.88. The molecule has 4 rings (SSSR count). The number of carbonyl (C=O) groups is 1. The van der Waals surface area contributed by atoms with E-state index in [0.29, 0.717) is 32.4 Å². The Bertz CT molecular complexity index is 1090. The Morgan fingerprint density at radius 1 is 1.00 bits per heavy atom. The molecule has 2 aliphatic rings. The molecule has 196 valence electrons. The molecule has 0 aliphatic carbocycles. The minimum atomic E-state index is -5.00. The second-order valence-corrected chi connectivity index (χ2v) is 9.39. The van der Waals surface area contributed by atoms with Crippen LogP contribution in [0.3, 0.4) is 0 Å².